The lowest BCUT2D eigenvalue weighted by atomic mass is 9.90. The lowest BCUT2D eigenvalue weighted by Gasteiger charge is -2.27. The molecule has 2 aromatic rings. The molecule has 0 spiro atoms. The van der Waals surface area contributed by atoms with Gasteiger partial charge in [-0.15, -0.1) is 10.2 Å². The predicted octanol–water partition coefficient (Wildman–Crippen LogP) is 1.81. The smallest absolute Gasteiger partial charge is 0.231 e. The van der Waals surface area contributed by atoms with Crippen LogP contribution < -0.4 is 11.2 Å². The molecule has 1 heterocycles. The Labute approximate surface area is 145 Å². The predicted molar refractivity (Wildman–Crippen MR) is 93.3 cm³/mol. The molecular formula is C16H20N6OS. The van der Waals surface area contributed by atoms with Crippen LogP contribution in [0.5, 0.6) is 0 Å². The first kappa shape index (κ1) is 17.8. The largest absolute Gasteiger partial charge is 0.337 e. The first-order valence-electron chi connectivity index (χ1n) is 7.48. The van der Waals surface area contributed by atoms with Gasteiger partial charge in [0.15, 0.2) is 5.82 Å². The summed E-state index contributed by atoms with van der Waals surface area (Å²) in [5.41, 5.74) is -0.0517. The van der Waals surface area contributed by atoms with Gasteiger partial charge in [-0.25, -0.2) is 4.68 Å². The van der Waals surface area contributed by atoms with Gasteiger partial charge in [-0.1, -0.05) is 55.9 Å². The third-order valence-electron chi connectivity index (χ3n) is 3.81. The van der Waals surface area contributed by atoms with Crippen LogP contribution in [0.3, 0.4) is 0 Å². The fraction of sp³-hybridized carbons (Fsp3) is 0.375. The number of rotatable bonds is 6. The van der Waals surface area contributed by atoms with Gasteiger partial charge in [-0.3, -0.25) is 4.79 Å². The molecule has 0 saturated carbocycles. The normalized spacial score (nSPS) is 13.3. The highest BCUT2D eigenvalue weighted by molar-refractivity contribution is 7.99. The van der Waals surface area contributed by atoms with Gasteiger partial charge in [0.05, 0.1) is 11.8 Å². The SMILES string of the molecule is CC(C)C(C)(C#N)NC(=O)CSc1nnc(-c2ccccc2)n1N. The highest BCUT2D eigenvalue weighted by atomic mass is 32.2. The van der Waals surface area contributed by atoms with Crippen molar-refractivity contribution in [1.82, 2.24) is 20.2 Å². The van der Waals surface area contributed by atoms with Crippen LogP contribution in [0.15, 0.2) is 35.5 Å². The van der Waals surface area contributed by atoms with Crippen molar-refractivity contribution in [3.05, 3.63) is 30.3 Å². The fourth-order valence-electron chi connectivity index (χ4n) is 1.92. The van der Waals surface area contributed by atoms with Crippen molar-refractivity contribution < 1.29 is 4.79 Å². The zero-order valence-electron chi connectivity index (χ0n) is 13.9. The maximum absolute atomic E-state index is 12.1. The molecule has 126 valence electrons. The second-order valence-electron chi connectivity index (χ2n) is 5.85. The first-order chi connectivity index (χ1) is 11.4. The van der Waals surface area contributed by atoms with Crippen molar-refractivity contribution in [3.63, 3.8) is 0 Å². The summed E-state index contributed by atoms with van der Waals surface area (Å²) in [5.74, 6) is 6.40. The van der Waals surface area contributed by atoms with Gasteiger partial charge in [0.25, 0.3) is 0 Å². The minimum atomic E-state index is -0.900. The van der Waals surface area contributed by atoms with Crippen LogP contribution in [0.4, 0.5) is 0 Å². The van der Waals surface area contributed by atoms with Gasteiger partial charge in [0, 0.05) is 5.56 Å². The second kappa shape index (κ2) is 7.36. The third-order valence-corrected chi connectivity index (χ3v) is 4.76. The fourth-order valence-corrected chi connectivity index (χ4v) is 2.57. The number of nitriles is 1. The van der Waals surface area contributed by atoms with E-state index in [0.717, 1.165) is 5.56 Å². The summed E-state index contributed by atoms with van der Waals surface area (Å²) in [7, 11) is 0. The Morgan fingerprint density at radius 2 is 2.08 bits per heavy atom. The van der Waals surface area contributed by atoms with Crippen molar-refractivity contribution in [3.8, 4) is 17.5 Å². The Hall–Kier alpha value is -2.53. The average molecular weight is 344 g/mol. The maximum atomic E-state index is 12.1. The van der Waals surface area contributed by atoms with E-state index in [2.05, 4.69) is 21.6 Å². The average Bonchev–Trinajstić information content (AvgIpc) is 2.94. The molecule has 1 aromatic carbocycles. The summed E-state index contributed by atoms with van der Waals surface area (Å²) in [6, 6.07) is 11.6. The summed E-state index contributed by atoms with van der Waals surface area (Å²) < 4.78 is 1.36. The summed E-state index contributed by atoms with van der Waals surface area (Å²) >= 11 is 1.18. The van der Waals surface area contributed by atoms with Crippen LogP contribution in [0, 0.1) is 17.2 Å². The van der Waals surface area contributed by atoms with Crippen LogP contribution in [0.1, 0.15) is 20.8 Å². The number of nitrogens with two attached hydrogens (primary N) is 1. The lowest BCUT2D eigenvalue weighted by Crippen LogP contribution is -2.49. The molecule has 3 N–H and O–H groups in total. The van der Waals surface area contributed by atoms with E-state index in [9.17, 15) is 10.1 Å². The van der Waals surface area contributed by atoms with E-state index in [1.54, 1.807) is 6.92 Å². The number of carbonyl (C=O) groups is 1. The Balaban J connectivity index is 2.02. The minimum Gasteiger partial charge on any atom is -0.337 e. The summed E-state index contributed by atoms with van der Waals surface area (Å²) in [6.45, 7) is 5.48. The molecule has 0 aliphatic carbocycles. The number of nitrogens with zero attached hydrogens (tertiary/aromatic N) is 4. The van der Waals surface area contributed by atoms with Gasteiger partial charge in [0.1, 0.15) is 5.54 Å². The van der Waals surface area contributed by atoms with E-state index in [-0.39, 0.29) is 17.6 Å². The number of amides is 1. The van der Waals surface area contributed by atoms with E-state index in [1.165, 1.54) is 16.4 Å². The molecule has 8 heteroatoms. The van der Waals surface area contributed by atoms with E-state index >= 15 is 0 Å². The zero-order valence-corrected chi connectivity index (χ0v) is 14.7. The van der Waals surface area contributed by atoms with Crippen molar-refractivity contribution in [2.45, 2.75) is 31.5 Å². The molecule has 24 heavy (non-hydrogen) atoms. The molecule has 1 atom stereocenters. The van der Waals surface area contributed by atoms with Crippen LogP contribution >= 0.6 is 11.8 Å². The molecule has 0 aliphatic heterocycles. The minimum absolute atomic E-state index is 0.000653. The number of thioether (sulfide) groups is 1. The van der Waals surface area contributed by atoms with Crippen molar-refractivity contribution >= 4 is 17.7 Å². The molecule has 1 amide bonds. The number of hydrogen-bond acceptors (Lipinski definition) is 6. The van der Waals surface area contributed by atoms with E-state index in [4.69, 9.17) is 5.84 Å². The Morgan fingerprint density at radius 3 is 2.67 bits per heavy atom. The molecule has 0 fully saturated rings. The van der Waals surface area contributed by atoms with Crippen LogP contribution in [-0.4, -0.2) is 32.1 Å². The molecule has 1 aromatic heterocycles. The number of carbonyl (C=O) groups excluding carboxylic acids is 1. The Kier molecular flexibility index (Phi) is 5.46. The third kappa shape index (κ3) is 3.86. The quantitative estimate of drug-likeness (QED) is 0.611. The summed E-state index contributed by atoms with van der Waals surface area (Å²) in [6.07, 6.45) is 0. The van der Waals surface area contributed by atoms with Gasteiger partial charge in [-0.2, -0.15) is 5.26 Å². The van der Waals surface area contributed by atoms with Crippen molar-refractivity contribution in [2.75, 3.05) is 11.6 Å². The van der Waals surface area contributed by atoms with Crippen molar-refractivity contribution in [2.24, 2.45) is 5.92 Å². The summed E-state index contributed by atoms with van der Waals surface area (Å²) in [4.78, 5) is 12.1. The monoisotopic (exact) mass is 344 g/mol. The molecule has 0 bridgehead atoms. The van der Waals surface area contributed by atoms with Gasteiger partial charge in [0.2, 0.25) is 11.1 Å². The number of benzene rings is 1. The Bertz CT molecular complexity index is 752. The molecule has 0 aliphatic rings. The number of nitrogens with one attached hydrogen (secondary N) is 1. The van der Waals surface area contributed by atoms with Crippen LogP contribution in [0.2, 0.25) is 0 Å². The Morgan fingerprint density at radius 1 is 1.42 bits per heavy atom. The maximum Gasteiger partial charge on any atom is 0.231 e. The molecule has 0 radical (unpaired) electrons. The molecule has 0 saturated heterocycles. The molecular weight excluding hydrogens is 324 g/mol. The zero-order chi connectivity index (χ0) is 17.7. The number of hydrogen-bond donors (Lipinski definition) is 2. The lowest BCUT2D eigenvalue weighted by molar-refractivity contribution is -0.120. The van der Waals surface area contributed by atoms with Crippen LogP contribution in [0.25, 0.3) is 11.4 Å². The molecule has 2 rings (SSSR count). The van der Waals surface area contributed by atoms with E-state index in [1.807, 2.05) is 44.2 Å². The highest BCUT2D eigenvalue weighted by Gasteiger charge is 2.30. The van der Waals surface area contributed by atoms with E-state index in [0.29, 0.717) is 11.0 Å². The van der Waals surface area contributed by atoms with E-state index < -0.39 is 5.54 Å². The highest BCUT2D eigenvalue weighted by Crippen LogP contribution is 2.21. The van der Waals surface area contributed by atoms with Gasteiger partial charge in [-0.05, 0) is 12.8 Å². The van der Waals surface area contributed by atoms with Gasteiger partial charge >= 0.3 is 0 Å². The van der Waals surface area contributed by atoms with Gasteiger partial charge < -0.3 is 11.2 Å². The standard InChI is InChI=1S/C16H20N6OS/c1-11(2)16(3,10-17)19-13(23)9-24-15-21-20-14(22(15)18)12-7-5-4-6-8-12/h4-8,11H,9,18H2,1-3H3,(H,19,23). The molecule has 7 nitrogen and oxygen atoms in total. The second-order valence-corrected chi connectivity index (χ2v) is 6.79. The van der Waals surface area contributed by atoms with Crippen molar-refractivity contribution in [1.29, 1.82) is 5.26 Å². The number of nitrogen functional groups attached to an aromatic ring is 1. The topological polar surface area (TPSA) is 110 Å². The first-order valence-corrected chi connectivity index (χ1v) is 8.47. The van der Waals surface area contributed by atoms with Crippen LogP contribution in [-0.2, 0) is 4.79 Å². The summed E-state index contributed by atoms with van der Waals surface area (Å²) in [5, 5.41) is 20.5. The number of aromatic nitrogens is 3. The molecule has 1 unspecified atom stereocenters.